The minimum absolute atomic E-state index is 0.148. The van der Waals surface area contributed by atoms with E-state index in [9.17, 15) is 19.8 Å². The van der Waals surface area contributed by atoms with E-state index in [0.717, 1.165) is 54.7 Å². The van der Waals surface area contributed by atoms with Crippen LogP contribution in [0.5, 0.6) is 23.0 Å². The summed E-state index contributed by atoms with van der Waals surface area (Å²) in [7, 11) is 0. The number of halogens is 2. The first-order valence-electron chi connectivity index (χ1n) is 17.7. The van der Waals surface area contributed by atoms with E-state index in [1.165, 1.54) is 38.5 Å². The summed E-state index contributed by atoms with van der Waals surface area (Å²) in [6.45, 7) is 0. The molecule has 48 heavy (non-hydrogen) atoms. The van der Waals surface area contributed by atoms with Crippen molar-refractivity contribution in [3.63, 3.8) is 0 Å². The molecule has 0 unspecified atom stereocenters. The summed E-state index contributed by atoms with van der Waals surface area (Å²) in [5.74, 6) is 4.01. The molecular weight excluding hydrogens is 647 g/mol. The van der Waals surface area contributed by atoms with Gasteiger partial charge in [-0.15, -0.1) is 0 Å². The van der Waals surface area contributed by atoms with Gasteiger partial charge in [-0.05, 0) is 161 Å². The molecule has 8 bridgehead atoms. The number of ether oxygens (including phenoxy) is 2. The van der Waals surface area contributed by atoms with Crippen molar-refractivity contribution in [2.24, 2.45) is 35.5 Å². The van der Waals surface area contributed by atoms with Crippen molar-refractivity contribution >= 4 is 35.1 Å². The normalized spacial score (nSPS) is 34.0. The van der Waals surface area contributed by atoms with Crippen molar-refractivity contribution in [3.05, 3.63) is 80.8 Å². The zero-order chi connectivity index (χ0) is 32.9. The zero-order valence-corrected chi connectivity index (χ0v) is 28.4. The van der Waals surface area contributed by atoms with Crippen LogP contribution in [0.4, 0.5) is 0 Å². The number of carboxylic acids is 2. The molecular formula is C40H40Cl2O6. The fourth-order valence-corrected chi connectivity index (χ4v) is 13.0. The van der Waals surface area contributed by atoms with Gasteiger partial charge in [0.05, 0.1) is 16.1 Å². The minimum atomic E-state index is -0.999. The van der Waals surface area contributed by atoms with E-state index >= 15 is 0 Å². The average Bonchev–Trinajstić information content (AvgIpc) is 3.02. The van der Waals surface area contributed by atoms with Gasteiger partial charge in [0.25, 0.3) is 0 Å². The highest BCUT2D eigenvalue weighted by Crippen LogP contribution is 2.69. The van der Waals surface area contributed by atoms with E-state index in [1.807, 2.05) is 0 Å². The number of hydrogen-bond donors (Lipinski definition) is 2. The molecule has 0 saturated heterocycles. The molecule has 0 radical (unpaired) electrons. The second kappa shape index (κ2) is 11.1. The van der Waals surface area contributed by atoms with Crippen molar-refractivity contribution in [1.82, 2.24) is 0 Å². The lowest BCUT2D eigenvalue weighted by molar-refractivity contribution is -0.00926. The first-order chi connectivity index (χ1) is 23.1. The summed E-state index contributed by atoms with van der Waals surface area (Å²) in [6, 6.07) is 12.9. The predicted octanol–water partition coefficient (Wildman–Crippen LogP) is 10.9. The quantitative estimate of drug-likeness (QED) is 0.245. The molecule has 3 aromatic carbocycles. The van der Waals surface area contributed by atoms with Crippen molar-refractivity contribution in [3.8, 4) is 23.0 Å². The van der Waals surface area contributed by atoms with Gasteiger partial charge in [-0.2, -0.15) is 0 Å². The summed E-state index contributed by atoms with van der Waals surface area (Å²) in [5.41, 5.74) is 2.11. The van der Waals surface area contributed by atoms with Crippen molar-refractivity contribution in [2.45, 2.75) is 87.9 Å². The Hall–Kier alpha value is -3.22. The second-order valence-electron chi connectivity index (χ2n) is 16.3. The largest absolute Gasteiger partial charge is 0.478 e. The Bertz CT molecular complexity index is 1610. The van der Waals surface area contributed by atoms with Gasteiger partial charge < -0.3 is 19.7 Å². The molecule has 8 fully saturated rings. The smallest absolute Gasteiger partial charge is 0.335 e. The number of benzene rings is 3. The highest BCUT2D eigenvalue weighted by atomic mass is 35.5. The van der Waals surface area contributed by atoms with Crippen molar-refractivity contribution in [1.29, 1.82) is 0 Å². The fourth-order valence-electron chi connectivity index (χ4n) is 12.2. The van der Waals surface area contributed by atoms with Crippen LogP contribution < -0.4 is 9.47 Å². The molecule has 0 spiro atoms. The fraction of sp³-hybridized carbons (Fsp3) is 0.500. The van der Waals surface area contributed by atoms with Gasteiger partial charge in [0.2, 0.25) is 0 Å². The molecule has 11 rings (SSSR count). The molecule has 0 atom stereocenters. The van der Waals surface area contributed by atoms with Crippen molar-refractivity contribution < 1.29 is 29.3 Å². The highest BCUT2D eigenvalue weighted by molar-refractivity contribution is 6.37. The minimum Gasteiger partial charge on any atom is -0.478 e. The van der Waals surface area contributed by atoms with Crippen LogP contribution in [0.15, 0.2) is 48.5 Å². The van der Waals surface area contributed by atoms with Crippen LogP contribution in [0, 0.1) is 35.5 Å². The summed E-state index contributed by atoms with van der Waals surface area (Å²) in [6.07, 6.45) is 14.1. The number of rotatable bonds is 8. The third-order valence-corrected chi connectivity index (χ3v) is 13.8. The molecule has 8 saturated carbocycles. The topological polar surface area (TPSA) is 93.1 Å². The molecule has 0 amide bonds. The molecule has 3 aromatic rings. The molecule has 250 valence electrons. The van der Waals surface area contributed by atoms with E-state index < -0.39 is 11.9 Å². The Morgan fingerprint density at radius 1 is 0.521 bits per heavy atom. The van der Waals surface area contributed by atoms with Gasteiger partial charge in [-0.1, -0.05) is 23.2 Å². The van der Waals surface area contributed by atoms with Gasteiger partial charge in [-0.25, -0.2) is 9.59 Å². The van der Waals surface area contributed by atoms with Gasteiger partial charge in [0.1, 0.15) is 16.5 Å². The van der Waals surface area contributed by atoms with Gasteiger partial charge in [-0.3, -0.25) is 0 Å². The van der Waals surface area contributed by atoms with E-state index in [-0.39, 0.29) is 22.0 Å². The maximum atomic E-state index is 11.6. The van der Waals surface area contributed by atoms with E-state index in [2.05, 4.69) is 0 Å². The number of hydrogen-bond acceptors (Lipinski definition) is 4. The summed E-state index contributed by atoms with van der Waals surface area (Å²) in [4.78, 5) is 23.3. The summed E-state index contributed by atoms with van der Waals surface area (Å²) >= 11 is 15.6. The molecule has 8 heteroatoms. The maximum Gasteiger partial charge on any atom is 0.335 e. The lowest BCUT2D eigenvalue weighted by Crippen LogP contribution is -2.50. The molecule has 6 nitrogen and oxygen atoms in total. The predicted molar refractivity (Wildman–Crippen MR) is 183 cm³/mol. The zero-order valence-electron chi connectivity index (χ0n) is 26.9. The van der Waals surface area contributed by atoms with Crippen LogP contribution in [-0.2, 0) is 10.8 Å². The number of carboxylic acid groups (broad SMARTS) is 2. The summed E-state index contributed by atoms with van der Waals surface area (Å²) in [5, 5.41) is 20.2. The van der Waals surface area contributed by atoms with Gasteiger partial charge >= 0.3 is 11.9 Å². The SMILES string of the molecule is O=C(O)c1ccc(Oc2c(Cl)c(Oc3ccc(C(=O)O)cc3)c(C34CC5CC(CC(C5)C3)C4)c(Cl)c2C23CC4CC(CC(C4)C2)C3)cc1. The van der Waals surface area contributed by atoms with Crippen molar-refractivity contribution in [2.75, 3.05) is 0 Å². The highest BCUT2D eigenvalue weighted by Gasteiger charge is 2.57. The van der Waals surface area contributed by atoms with Crippen LogP contribution in [0.3, 0.4) is 0 Å². The third kappa shape index (κ3) is 4.95. The first kappa shape index (κ1) is 30.8. The number of carbonyl (C=O) groups is 2. The molecule has 0 aliphatic heterocycles. The van der Waals surface area contributed by atoms with Crippen LogP contribution in [0.25, 0.3) is 0 Å². The third-order valence-electron chi connectivity index (χ3n) is 13.1. The molecule has 8 aliphatic rings. The van der Waals surface area contributed by atoms with Crippen LogP contribution in [0.2, 0.25) is 10.0 Å². The standard InChI is InChI=1S/C40H40Cl2O6/c41-33-31(39-15-21-9-22(16-39)11-23(10-21)17-39)35(47-29-5-1-27(2-6-29)37(43)44)34(42)36(48-30-7-3-28(4-8-30)38(45)46)32(33)40-18-24-12-25(19-40)14-26(13-24)20-40/h1-8,21-26H,9-20H2,(H,43,44)(H,45,46). The molecule has 0 aromatic heterocycles. The first-order valence-corrected chi connectivity index (χ1v) is 18.4. The second-order valence-corrected chi connectivity index (χ2v) is 17.1. The Morgan fingerprint density at radius 3 is 1.08 bits per heavy atom. The number of aromatic carboxylic acids is 2. The van der Waals surface area contributed by atoms with E-state index in [1.54, 1.807) is 48.5 Å². The monoisotopic (exact) mass is 686 g/mol. The van der Waals surface area contributed by atoms with Gasteiger partial charge in [0, 0.05) is 22.0 Å². The molecule has 2 N–H and O–H groups in total. The lowest BCUT2D eigenvalue weighted by atomic mass is 9.46. The average molecular weight is 688 g/mol. The van der Waals surface area contributed by atoms with Crippen LogP contribution >= 0.6 is 23.2 Å². The van der Waals surface area contributed by atoms with E-state index in [4.69, 9.17) is 32.7 Å². The molecule has 8 aliphatic carbocycles. The van der Waals surface area contributed by atoms with E-state index in [0.29, 0.717) is 63.5 Å². The maximum absolute atomic E-state index is 11.6. The Kier molecular flexibility index (Phi) is 7.16. The van der Waals surface area contributed by atoms with Crippen LogP contribution in [0.1, 0.15) is 109 Å². The summed E-state index contributed by atoms with van der Waals surface area (Å²) < 4.78 is 13.6. The lowest BCUT2D eigenvalue weighted by Gasteiger charge is -2.59. The van der Waals surface area contributed by atoms with Gasteiger partial charge in [0.15, 0.2) is 11.5 Å². The Morgan fingerprint density at radius 2 is 0.812 bits per heavy atom. The Labute approximate surface area is 290 Å². The Balaban J connectivity index is 1.26. The molecule has 0 heterocycles. The van der Waals surface area contributed by atoms with Crippen LogP contribution in [-0.4, -0.2) is 22.2 Å².